The molecule has 0 fully saturated rings. The summed E-state index contributed by atoms with van der Waals surface area (Å²) in [5.41, 5.74) is 10.5. The third-order valence-corrected chi connectivity index (χ3v) is 3.26. The van der Waals surface area contributed by atoms with E-state index in [4.69, 9.17) is 10.5 Å². The minimum absolute atomic E-state index is 0.377. The molecule has 19 heavy (non-hydrogen) atoms. The molecule has 0 bridgehead atoms. The Morgan fingerprint density at radius 3 is 2.58 bits per heavy atom. The van der Waals surface area contributed by atoms with E-state index in [-0.39, 0.29) is 0 Å². The van der Waals surface area contributed by atoms with Gasteiger partial charge in [0.05, 0.1) is 18.4 Å². The van der Waals surface area contributed by atoms with Gasteiger partial charge in [-0.3, -0.25) is 4.68 Å². The van der Waals surface area contributed by atoms with Crippen LogP contribution in [-0.2, 0) is 11.8 Å². The van der Waals surface area contributed by atoms with Crippen LogP contribution in [-0.4, -0.2) is 22.9 Å². The summed E-state index contributed by atoms with van der Waals surface area (Å²) in [6.07, 6.45) is 0. The van der Waals surface area contributed by atoms with Gasteiger partial charge in [0.2, 0.25) is 0 Å². The summed E-state index contributed by atoms with van der Waals surface area (Å²) >= 11 is 0. The minimum Gasteiger partial charge on any atom is -0.465 e. The minimum atomic E-state index is -0.432. The Bertz CT molecular complexity index is 644. The van der Waals surface area contributed by atoms with Crippen LogP contribution in [0.25, 0.3) is 11.1 Å². The van der Waals surface area contributed by atoms with Crippen molar-refractivity contribution in [3.63, 3.8) is 0 Å². The first-order valence-corrected chi connectivity index (χ1v) is 5.94. The lowest BCUT2D eigenvalue weighted by atomic mass is 10.0. The largest absolute Gasteiger partial charge is 0.465 e. The van der Waals surface area contributed by atoms with Gasteiger partial charge >= 0.3 is 5.97 Å². The highest BCUT2D eigenvalue weighted by molar-refractivity contribution is 5.96. The highest BCUT2D eigenvalue weighted by Gasteiger charge is 2.16. The Balaban J connectivity index is 2.61. The molecule has 0 unspecified atom stereocenters. The highest BCUT2D eigenvalue weighted by Crippen LogP contribution is 2.29. The van der Waals surface area contributed by atoms with Crippen molar-refractivity contribution < 1.29 is 9.53 Å². The molecule has 0 atom stereocenters. The van der Waals surface area contributed by atoms with Crippen molar-refractivity contribution in [3.05, 3.63) is 35.2 Å². The number of aryl methyl sites for hydroxylation is 2. The molecule has 0 saturated carbocycles. The summed E-state index contributed by atoms with van der Waals surface area (Å²) in [6, 6.07) is 5.35. The number of nitrogen functional groups attached to an aromatic ring is 1. The molecular weight excluding hydrogens is 242 g/mol. The van der Waals surface area contributed by atoms with Crippen LogP contribution in [0.1, 0.15) is 21.7 Å². The number of carbonyl (C=O) groups excluding carboxylic acids is 1. The standard InChI is InChI=1S/C14H17N3O2/c1-8-13(9(2)17(3)16-8)10-5-6-12(15)11(7-10)14(18)19-4/h5-7H,15H2,1-4H3. The van der Waals surface area contributed by atoms with Gasteiger partial charge in [-0.15, -0.1) is 0 Å². The van der Waals surface area contributed by atoms with Gasteiger partial charge in [-0.2, -0.15) is 5.10 Å². The number of rotatable bonds is 2. The van der Waals surface area contributed by atoms with E-state index in [1.54, 1.807) is 12.1 Å². The fourth-order valence-corrected chi connectivity index (χ4v) is 2.19. The van der Waals surface area contributed by atoms with Crippen LogP contribution in [0.2, 0.25) is 0 Å². The van der Waals surface area contributed by atoms with Gasteiger partial charge in [-0.05, 0) is 31.5 Å². The van der Waals surface area contributed by atoms with Gasteiger partial charge in [-0.25, -0.2) is 4.79 Å². The monoisotopic (exact) mass is 259 g/mol. The summed E-state index contributed by atoms with van der Waals surface area (Å²) in [6.45, 7) is 3.93. The Morgan fingerprint density at radius 2 is 2.05 bits per heavy atom. The average Bonchev–Trinajstić information content (AvgIpc) is 2.63. The lowest BCUT2D eigenvalue weighted by molar-refractivity contribution is 0.0602. The molecule has 1 heterocycles. The number of benzene rings is 1. The van der Waals surface area contributed by atoms with Crippen molar-refractivity contribution in [2.75, 3.05) is 12.8 Å². The molecule has 0 radical (unpaired) electrons. The third-order valence-electron chi connectivity index (χ3n) is 3.26. The van der Waals surface area contributed by atoms with E-state index in [9.17, 15) is 4.79 Å². The number of nitrogens with two attached hydrogens (primary N) is 1. The number of aromatic nitrogens is 2. The normalized spacial score (nSPS) is 10.5. The predicted octanol–water partition coefficient (Wildman–Crippen LogP) is 2.07. The summed E-state index contributed by atoms with van der Waals surface area (Å²) in [5, 5.41) is 4.37. The van der Waals surface area contributed by atoms with Crippen LogP contribution in [0.5, 0.6) is 0 Å². The fourth-order valence-electron chi connectivity index (χ4n) is 2.19. The van der Waals surface area contributed by atoms with E-state index in [1.165, 1.54) is 7.11 Å². The van der Waals surface area contributed by atoms with E-state index in [2.05, 4.69) is 5.10 Å². The molecular formula is C14H17N3O2. The van der Waals surface area contributed by atoms with E-state index in [0.29, 0.717) is 11.3 Å². The zero-order chi connectivity index (χ0) is 14.2. The number of methoxy groups -OCH3 is 1. The molecule has 1 aromatic carbocycles. The SMILES string of the molecule is COC(=O)c1cc(-c2c(C)nn(C)c2C)ccc1N. The molecule has 5 nitrogen and oxygen atoms in total. The molecule has 1 aromatic heterocycles. The summed E-state index contributed by atoms with van der Waals surface area (Å²) in [5.74, 6) is -0.432. The molecule has 2 rings (SSSR count). The lowest BCUT2D eigenvalue weighted by Gasteiger charge is -2.08. The Morgan fingerprint density at radius 1 is 1.37 bits per heavy atom. The number of esters is 1. The molecule has 100 valence electrons. The maximum Gasteiger partial charge on any atom is 0.339 e. The van der Waals surface area contributed by atoms with Crippen LogP contribution < -0.4 is 5.73 Å². The Kier molecular flexibility index (Phi) is 3.29. The summed E-state index contributed by atoms with van der Waals surface area (Å²) in [4.78, 5) is 11.7. The predicted molar refractivity (Wildman–Crippen MR) is 73.9 cm³/mol. The maximum absolute atomic E-state index is 11.7. The third kappa shape index (κ3) is 2.19. The summed E-state index contributed by atoms with van der Waals surface area (Å²) < 4.78 is 6.55. The van der Waals surface area contributed by atoms with E-state index >= 15 is 0 Å². The number of carbonyl (C=O) groups is 1. The number of nitrogens with zero attached hydrogens (tertiary/aromatic N) is 2. The quantitative estimate of drug-likeness (QED) is 0.662. The van der Waals surface area contributed by atoms with E-state index in [0.717, 1.165) is 22.5 Å². The highest BCUT2D eigenvalue weighted by atomic mass is 16.5. The first-order valence-electron chi connectivity index (χ1n) is 5.94. The number of ether oxygens (including phenoxy) is 1. The second-order valence-electron chi connectivity index (χ2n) is 4.46. The van der Waals surface area contributed by atoms with Gasteiger partial charge in [-0.1, -0.05) is 6.07 Å². The van der Waals surface area contributed by atoms with Crippen molar-refractivity contribution in [1.82, 2.24) is 9.78 Å². The fraction of sp³-hybridized carbons (Fsp3) is 0.286. The van der Waals surface area contributed by atoms with Crippen molar-refractivity contribution in [2.24, 2.45) is 7.05 Å². The molecule has 0 aliphatic carbocycles. The Labute approximate surface area is 112 Å². The van der Waals surface area contributed by atoms with Crippen LogP contribution in [0.4, 0.5) is 5.69 Å². The molecule has 2 aromatic rings. The number of hydrogen-bond donors (Lipinski definition) is 1. The van der Waals surface area contributed by atoms with Crippen molar-refractivity contribution in [2.45, 2.75) is 13.8 Å². The van der Waals surface area contributed by atoms with Crippen LogP contribution in [0.15, 0.2) is 18.2 Å². The Hall–Kier alpha value is -2.30. The zero-order valence-corrected chi connectivity index (χ0v) is 11.5. The molecule has 0 spiro atoms. The molecule has 0 amide bonds. The van der Waals surface area contributed by atoms with Crippen molar-refractivity contribution in [3.8, 4) is 11.1 Å². The second-order valence-corrected chi connectivity index (χ2v) is 4.46. The van der Waals surface area contributed by atoms with Crippen LogP contribution in [0.3, 0.4) is 0 Å². The van der Waals surface area contributed by atoms with Crippen LogP contribution >= 0.6 is 0 Å². The van der Waals surface area contributed by atoms with Crippen molar-refractivity contribution >= 4 is 11.7 Å². The van der Waals surface area contributed by atoms with E-state index in [1.807, 2.05) is 31.6 Å². The molecule has 2 N–H and O–H groups in total. The van der Waals surface area contributed by atoms with Crippen LogP contribution in [0, 0.1) is 13.8 Å². The van der Waals surface area contributed by atoms with Gasteiger partial charge in [0.25, 0.3) is 0 Å². The topological polar surface area (TPSA) is 70.1 Å². The lowest BCUT2D eigenvalue weighted by Crippen LogP contribution is -2.05. The van der Waals surface area contributed by atoms with Crippen molar-refractivity contribution in [1.29, 1.82) is 0 Å². The molecule has 0 aliphatic heterocycles. The second kappa shape index (κ2) is 4.76. The number of hydrogen-bond acceptors (Lipinski definition) is 4. The van der Waals surface area contributed by atoms with Gasteiger partial charge in [0.1, 0.15) is 0 Å². The van der Waals surface area contributed by atoms with E-state index < -0.39 is 5.97 Å². The summed E-state index contributed by atoms with van der Waals surface area (Å²) in [7, 11) is 3.24. The smallest absolute Gasteiger partial charge is 0.339 e. The molecule has 5 heteroatoms. The maximum atomic E-state index is 11.7. The first-order chi connectivity index (χ1) is 8.95. The zero-order valence-electron chi connectivity index (χ0n) is 11.5. The number of anilines is 1. The van der Waals surface area contributed by atoms with Gasteiger partial charge in [0.15, 0.2) is 0 Å². The molecule has 0 aliphatic rings. The first kappa shape index (κ1) is 13.1. The van der Waals surface area contributed by atoms with Gasteiger partial charge < -0.3 is 10.5 Å². The van der Waals surface area contributed by atoms with Gasteiger partial charge in [0, 0.05) is 24.0 Å². The average molecular weight is 259 g/mol. The molecule has 0 saturated heterocycles.